The van der Waals surface area contributed by atoms with Gasteiger partial charge in [0.05, 0.1) is 0 Å². The summed E-state index contributed by atoms with van der Waals surface area (Å²) >= 11 is 0. The van der Waals surface area contributed by atoms with Crippen molar-refractivity contribution in [1.29, 1.82) is 0 Å². The van der Waals surface area contributed by atoms with Crippen molar-refractivity contribution in [2.24, 2.45) is 0 Å². The molecule has 3 nitrogen and oxygen atoms in total. The third kappa shape index (κ3) is 3.84. The molecule has 2 N–H and O–H groups in total. The van der Waals surface area contributed by atoms with Crippen molar-refractivity contribution in [1.82, 2.24) is 5.32 Å². The minimum Gasteiger partial charge on any atom is -0.396 e. The zero-order chi connectivity index (χ0) is 13.8. The van der Waals surface area contributed by atoms with Gasteiger partial charge in [0, 0.05) is 18.7 Å². The third-order valence-corrected chi connectivity index (χ3v) is 2.96. The van der Waals surface area contributed by atoms with Gasteiger partial charge in [-0.1, -0.05) is 32.9 Å². The summed E-state index contributed by atoms with van der Waals surface area (Å²) < 4.78 is 0. The Morgan fingerprint density at radius 3 is 2.50 bits per heavy atom. The second kappa shape index (κ2) is 6.01. The SMILES string of the molecule is Cc1cc(C(C)(C)C)ccc1C(=O)NCCCO. The van der Waals surface area contributed by atoms with Crippen LogP contribution < -0.4 is 5.32 Å². The lowest BCUT2D eigenvalue weighted by Gasteiger charge is -2.20. The summed E-state index contributed by atoms with van der Waals surface area (Å²) in [5.74, 6) is -0.0681. The van der Waals surface area contributed by atoms with Crippen molar-refractivity contribution in [3.63, 3.8) is 0 Å². The smallest absolute Gasteiger partial charge is 0.251 e. The first-order valence-corrected chi connectivity index (χ1v) is 6.36. The van der Waals surface area contributed by atoms with Crippen LogP contribution in [-0.2, 0) is 5.41 Å². The van der Waals surface area contributed by atoms with Gasteiger partial charge in [-0.3, -0.25) is 4.79 Å². The lowest BCUT2D eigenvalue weighted by Crippen LogP contribution is -2.26. The fourth-order valence-corrected chi connectivity index (χ4v) is 1.76. The lowest BCUT2D eigenvalue weighted by atomic mass is 9.85. The van der Waals surface area contributed by atoms with E-state index in [0.29, 0.717) is 18.5 Å². The number of amides is 1. The van der Waals surface area contributed by atoms with E-state index in [1.54, 1.807) is 0 Å². The van der Waals surface area contributed by atoms with E-state index < -0.39 is 0 Å². The highest BCUT2D eigenvalue weighted by molar-refractivity contribution is 5.95. The Kier molecular flexibility index (Phi) is 4.91. The third-order valence-electron chi connectivity index (χ3n) is 2.96. The van der Waals surface area contributed by atoms with Crippen LogP contribution in [0.1, 0.15) is 48.7 Å². The number of rotatable bonds is 4. The van der Waals surface area contributed by atoms with E-state index in [1.807, 2.05) is 19.1 Å². The number of carbonyl (C=O) groups is 1. The molecule has 0 aliphatic carbocycles. The molecule has 1 aromatic rings. The largest absolute Gasteiger partial charge is 0.396 e. The Hall–Kier alpha value is -1.35. The van der Waals surface area contributed by atoms with Gasteiger partial charge in [-0.05, 0) is 36.0 Å². The molecule has 0 bridgehead atoms. The van der Waals surface area contributed by atoms with Crippen LogP contribution in [0.5, 0.6) is 0 Å². The standard InChI is InChI=1S/C15H23NO2/c1-11-10-12(15(2,3)4)6-7-13(11)14(18)16-8-5-9-17/h6-7,10,17H,5,8-9H2,1-4H3,(H,16,18). The van der Waals surface area contributed by atoms with Gasteiger partial charge in [-0.25, -0.2) is 0 Å². The Morgan fingerprint density at radius 2 is 2.00 bits per heavy atom. The average Bonchev–Trinajstić information content (AvgIpc) is 2.27. The molecule has 1 aromatic carbocycles. The molecule has 18 heavy (non-hydrogen) atoms. The summed E-state index contributed by atoms with van der Waals surface area (Å²) in [4.78, 5) is 11.9. The number of aliphatic hydroxyl groups excluding tert-OH is 1. The molecule has 0 unspecified atom stereocenters. The number of hydrogen-bond acceptors (Lipinski definition) is 2. The quantitative estimate of drug-likeness (QED) is 0.805. The molecule has 0 aliphatic heterocycles. The predicted molar refractivity (Wildman–Crippen MR) is 73.9 cm³/mol. The minimum absolute atomic E-state index is 0.0681. The molecule has 0 radical (unpaired) electrons. The van der Waals surface area contributed by atoms with E-state index in [2.05, 4.69) is 32.2 Å². The highest BCUT2D eigenvalue weighted by Gasteiger charge is 2.16. The topological polar surface area (TPSA) is 49.3 Å². The predicted octanol–water partition coefficient (Wildman–Crippen LogP) is 2.40. The van der Waals surface area contributed by atoms with Crippen LogP contribution in [0.2, 0.25) is 0 Å². The summed E-state index contributed by atoms with van der Waals surface area (Å²) in [5, 5.41) is 11.5. The average molecular weight is 249 g/mol. The number of hydrogen-bond donors (Lipinski definition) is 2. The maximum atomic E-state index is 11.9. The normalized spacial score (nSPS) is 11.4. The molecule has 0 aromatic heterocycles. The molecule has 0 heterocycles. The van der Waals surface area contributed by atoms with Crippen molar-refractivity contribution in [3.05, 3.63) is 34.9 Å². The first-order chi connectivity index (χ1) is 8.36. The Bertz CT molecular complexity index is 419. The van der Waals surface area contributed by atoms with Crippen molar-refractivity contribution < 1.29 is 9.90 Å². The van der Waals surface area contributed by atoms with Gasteiger partial charge < -0.3 is 10.4 Å². The molecule has 0 atom stereocenters. The summed E-state index contributed by atoms with van der Waals surface area (Å²) in [7, 11) is 0. The molecule has 0 fully saturated rings. The van der Waals surface area contributed by atoms with E-state index in [4.69, 9.17) is 5.11 Å². The first-order valence-electron chi connectivity index (χ1n) is 6.36. The van der Waals surface area contributed by atoms with Crippen LogP contribution in [0.4, 0.5) is 0 Å². The number of aliphatic hydroxyl groups is 1. The van der Waals surface area contributed by atoms with Gasteiger partial charge in [-0.15, -0.1) is 0 Å². The Labute approximate surface area is 109 Å². The van der Waals surface area contributed by atoms with Crippen LogP contribution in [-0.4, -0.2) is 24.2 Å². The van der Waals surface area contributed by atoms with Crippen LogP contribution in [0, 0.1) is 6.92 Å². The van der Waals surface area contributed by atoms with Gasteiger partial charge in [0.2, 0.25) is 0 Å². The summed E-state index contributed by atoms with van der Waals surface area (Å²) in [6.07, 6.45) is 0.588. The van der Waals surface area contributed by atoms with Gasteiger partial charge in [0.15, 0.2) is 0 Å². The van der Waals surface area contributed by atoms with E-state index in [1.165, 1.54) is 5.56 Å². The van der Waals surface area contributed by atoms with E-state index in [-0.39, 0.29) is 17.9 Å². The molecule has 100 valence electrons. The molecule has 0 saturated heterocycles. The lowest BCUT2D eigenvalue weighted by molar-refractivity contribution is 0.0950. The maximum absolute atomic E-state index is 11.9. The summed E-state index contributed by atoms with van der Waals surface area (Å²) in [6, 6.07) is 5.96. The highest BCUT2D eigenvalue weighted by atomic mass is 16.3. The van der Waals surface area contributed by atoms with E-state index in [9.17, 15) is 4.79 Å². The van der Waals surface area contributed by atoms with Crippen molar-refractivity contribution >= 4 is 5.91 Å². The van der Waals surface area contributed by atoms with E-state index in [0.717, 1.165) is 5.56 Å². The van der Waals surface area contributed by atoms with Crippen molar-refractivity contribution in [3.8, 4) is 0 Å². The number of carbonyl (C=O) groups excluding carboxylic acids is 1. The fraction of sp³-hybridized carbons (Fsp3) is 0.533. The molecular formula is C15H23NO2. The molecule has 0 aliphatic rings. The summed E-state index contributed by atoms with van der Waals surface area (Å²) in [6.45, 7) is 9.03. The van der Waals surface area contributed by atoms with Crippen molar-refractivity contribution in [2.75, 3.05) is 13.2 Å². The minimum atomic E-state index is -0.0681. The molecule has 0 saturated carbocycles. The van der Waals surface area contributed by atoms with Crippen LogP contribution in [0.3, 0.4) is 0 Å². The first kappa shape index (κ1) is 14.7. The molecule has 3 heteroatoms. The van der Waals surface area contributed by atoms with E-state index >= 15 is 0 Å². The molecular weight excluding hydrogens is 226 g/mol. The Balaban J connectivity index is 2.82. The second-order valence-corrected chi connectivity index (χ2v) is 5.61. The number of nitrogens with one attached hydrogen (secondary N) is 1. The maximum Gasteiger partial charge on any atom is 0.251 e. The zero-order valence-electron chi connectivity index (χ0n) is 11.7. The molecule has 1 amide bonds. The summed E-state index contributed by atoms with van der Waals surface area (Å²) in [5.41, 5.74) is 3.02. The molecule has 1 rings (SSSR count). The van der Waals surface area contributed by atoms with Crippen molar-refractivity contribution in [2.45, 2.75) is 39.5 Å². The fourth-order valence-electron chi connectivity index (χ4n) is 1.76. The van der Waals surface area contributed by atoms with Crippen LogP contribution in [0.25, 0.3) is 0 Å². The zero-order valence-corrected chi connectivity index (χ0v) is 11.7. The van der Waals surface area contributed by atoms with Crippen LogP contribution in [0.15, 0.2) is 18.2 Å². The number of benzene rings is 1. The van der Waals surface area contributed by atoms with Gasteiger partial charge in [-0.2, -0.15) is 0 Å². The Morgan fingerprint density at radius 1 is 1.33 bits per heavy atom. The monoisotopic (exact) mass is 249 g/mol. The molecule has 0 spiro atoms. The van der Waals surface area contributed by atoms with Crippen LogP contribution >= 0.6 is 0 Å². The number of aryl methyl sites for hydroxylation is 1. The highest BCUT2D eigenvalue weighted by Crippen LogP contribution is 2.24. The van der Waals surface area contributed by atoms with Gasteiger partial charge in [0.25, 0.3) is 5.91 Å². The van der Waals surface area contributed by atoms with Gasteiger partial charge in [0.1, 0.15) is 0 Å². The second-order valence-electron chi connectivity index (χ2n) is 5.61. The van der Waals surface area contributed by atoms with Gasteiger partial charge >= 0.3 is 0 Å².